The Morgan fingerprint density at radius 3 is 2.69 bits per heavy atom. The number of carbonyl (C=O) groups is 1. The summed E-state index contributed by atoms with van der Waals surface area (Å²) >= 11 is 1.55. The van der Waals surface area contributed by atoms with Crippen LogP contribution >= 0.6 is 11.3 Å². The van der Waals surface area contributed by atoms with Gasteiger partial charge in [-0.1, -0.05) is 24.3 Å². The van der Waals surface area contributed by atoms with Crippen LogP contribution in [0.5, 0.6) is 0 Å². The SMILES string of the molecule is Cc1ccnc(NC(=O)c2cn(-c3ccccc3)nc2-c2cccs2)c1. The van der Waals surface area contributed by atoms with E-state index in [0.29, 0.717) is 17.1 Å². The van der Waals surface area contributed by atoms with Crippen LogP contribution in [0.1, 0.15) is 15.9 Å². The van der Waals surface area contributed by atoms with E-state index in [2.05, 4.69) is 15.4 Å². The lowest BCUT2D eigenvalue weighted by atomic mass is 10.2. The zero-order valence-corrected chi connectivity index (χ0v) is 14.9. The zero-order chi connectivity index (χ0) is 17.9. The molecule has 0 aliphatic carbocycles. The molecule has 0 unspecified atom stereocenters. The lowest BCUT2D eigenvalue weighted by Crippen LogP contribution is -2.13. The van der Waals surface area contributed by atoms with Crippen LogP contribution in [-0.4, -0.2) is 20.7 Å². The van der Waals surface area contributed by atoms with Crippen LogP contribution in [0.4, 0.5) is 5.82 Å². The molecule has 3 heterocycles. The fourth-order valence-corrected chi connectivity index (χ4v) is 3.36. The lowest BCUT2D eigenvalue weighted by Gasteiger charge is -2.04. The van der Waals surface area contributed by atoms with Crippen molar-refractivity contribution in [1.82, 2.24) is 14.8 Å². The number of anilines is 1. The number of para-hydroxylation sites is 1. The third kappa shape index (κ3) is 3.27. The van der Waals surface area contributed by atoms with E-state index in [9.17, 15) is 4.79 Å². The maximum absolute atomic E-state index is 12.9. The molecule has 0 bridgehead atoms. The van der Waals surface area contributed by atoms with Crippen molar-refractivity contribution in [2.45, 2.75) is 6.92 Å². The van der Waals surface area contributed by atoms with Crippen molar-refractivity contribution < 1.29 is 4.79 Å². The number of aryl methyl sites for hydroxylation is 1. The molecule has 3 aromatic heterocycles. The van der Waals surface area contributed by atoms with Crippen molar-refractivity contribution >= 4 is 23.1 Å². The minimum atomic E-state index is -0.228. The summed E-state index contributed by atoms with van der Waals surface area (Å²) in [5, 5.41) is 9.49. The van der Waals surface area contributed by atoms with Gasteiger partial charge in [0.2, 0.25) is 0 Å². The molecule has 4 aromatic rings. The standard InChI is InChI=1S/C20H16N4OS/c1-14-9-10-21-18(12-14)22-20(25)16-13-24(15-6-3-2-4-7-15)23-19(16)17-8-5-11-26-17/h2-13H,1H3,(H,21,22,25). The van der Waals surface area contributed by atoms with Crippen LogP contribution in [0.25, 0.3) is 16.3 Å². The smallest absolute Gasteiger partial charge is 0.260 e. The molecule has 5 nitrogen and oxygen atoms in total. The summed E-state index contributed by atoms with van der Waals surface area (Å²) in [6.07, 6.45) is 3.44. The number of carbonyl (C=O) groups excluding carboxylic acids is 1. The van der Waals surface area contributed by atoms with Gasteiger partial charge in [-0.05, 0) is 48.2 Å². The highest BCUT2D eigenvalue weighted by atomic mass is 32.1. The molecule has 1 N–H and O–H groups in total. The molecule has 0 saturated heterocycles. The van der Waals surface area contributed by atoms with E-state index in [0.717, 1.165) is 16.1 Å². The highest BCUT2D eigenvalue weighted by Gasteiger charge is 2.19. The first kappa shape index (κ1) is 16.2. The molecule has 0 aliphatic rings. The van der Waals surface area contributed by atoms with Gasteiger partial charge in [-0.15, -0.1) is 11.3 Å². The molecule has 0 saturated carbocycles. The van der Waals surface area contributed by atoms with Gasteiger partial charge in [-0.3, -0.25) is 4.79 Å². The second kappa shape index (κ2) is 6.93. The van der Waals surface area contributed by atoms with Crippen LogP contribution in [0.3, 0.4) is 0 Å². The van der Waals surface area contributed by atoms with Crippen LogP contribution in [0, 0.1) is 6.92 Å². The van der Waals surface area contributed by atoms with E-state index in [1.54, 1.807) is 28.4 Å². The number of amides is 1. The third-order valence-corrected chi connectivity index (χ3v) is 4.77. The molecule has 1 amide bonds. The van der Waals surface area contributed by atoms with Gasteiger partial charge in [0.1, 0.15) is 11.5 Å². The van der Waals surface area contributed by atoms with Crippen LogP contribution in [0.15, 0.2) is 72.4 Å². The summed E-state index contributed by atoms with van der Waals surface area (Å²) < 4.78 is 1.73. The van der Waals surface area contributed by atoms with E-state index in [4.69, 9.17) is 0 Å². The van der Waals surface area contributed by atoms with Gasteiger partial charge in [0.25, 0.3) is 5.91 Å². The van der Waals surface area contributed by atoms with Crippen molar-refractivity contribution in [3.63, 3.8) is 0 Å². The van der Waals surface area contributed by atoms with E-state index >= 15 is 0 Å². The summed E-state index contributed by atoms with van der Waals surface area (Å²) in [6, 6.07) is 17.4. The summed E-state index contributed by atoms with van der Waals surface area (Å²) in [6.45, 7) is 1.96. The summed E-state index contributed by atoms with van der Waals surface area (Å²) in [5.41, 5.74) is 3.11. The number of aromatic nitrogens is 3. The van der Waals surface area contributed by atoms with E-state index < -0.39 is 0 Å². The van der Waals surface area contributed by atoms with E-state index in [1.165, 1.54) is 0 Å². The fourth-order valence-electron chi connectivity index (χ4n) is 2.64. The monoisotopic (exact) mass is 360 g/mol. The maximum atomic E-state index is 12.9. The number of nitrogens with one attached hydrogen (secondary N) is 1. The van der Waals surface area contributed by atoms with Gasteiger partial charge in [-0.2, -0.15) is 5.10 Å². The van der Waals surface area contributed by atoms with Gasteiger partial charge >= 0.3 is 0 Å². The Bertz CT molecular complexity index is 1040. The van der Waals surface area contributed by atoms with Crippen molar-refractivity contribution in [3.8, 4) is 16.3 Å². The molecule has 4 rings (SSSR count). The average molecular weight is 360 g/mol. The highest BCUT2D eigenvalue weighted by Crippen LogP contribution is 2.28. The Hall–Kier alpha value is -3.25. The summed E-state index contributed by atoms with van der Waals surface area (Å²) in [5.74, 6) is 0.299. The van der Waals surface area contributed by atoms with E-state index in [1.807, 2.05) is 66.9 Å². The van der Waals surface area contributed by atoms with Crippen LogP contribution in [-0.2, 0) is 0 Å². The Kier molecular flexibility index (Phi) is 4.33. The van der Waals surface area contributed by atoms with Gasteiger partial charge < -0.3 is 5.32 Å². The number of hydrogen-bond donors (Lipinski definition) is 1. The van der Waals surface area contributed by atoms with Crippen molar-refractivity contribution in [2.75, 3.05) is 5.32 Å². The lowest BCUT2D eigenvalue weighted by molar-refractivity contribution is 0.102. The number of thiophene rings is 1. The molecule has 6 heteroatoms. The number of benzene rings is 1. The van der Waals surface area contributed by atoms with Gasteiger partial charge in [0, 0.05) is 12.4 Å². The first-order valence-corrected chi connectivity index (χ1v) is 9.01. The minimum absolute atomic E-state index is 0.228. The average Bonchev–Trinajstić information content (AvgIpc) is 3.32. The van der Waals surface area contributed by atoms with Crippen LogP contribution < -0.4 is 5.32 Å². The first-order valence-electron chi connectivity index (χ1n) is 8.14. The minimum Gasteiger partial charge on any atom is -0.306 e. The number of rotatable bonds is 4. The summed E-state index contributed by atoms with van der Waals surface area (Å²) in [4.78, 5) is 18.0. The highest BCUT2D eigenvalue weighted by molar-refractivity contribution is 7.13. The second-order valence-corrected chi connectivity index (χ2v) is 6.77. The van der Waals surface area contributed by atoms with E-state index in [-0.39, 0.29) is 5.91 Å². The molecule has 128 valence electrons. The predicted octanol–water partition coefficient (Wildman–Crippen LogP) is 4.56. The Labute approximate surface area is 155 Å². The number of nitrogens with zero attached hydrogens (tertiary/aromatic N) is 3. The molecule has 0 radical (unpaired) electrons. The molecule has 0 spiro atoms. The third-order valence-electron chi connectivity index (χ3n) is 3.89. The second-order valence-electron chi connectivity index (χ2n) is 5.82. The fraction of sp³-hybridized carbons (Fsp3) is 0.0500. The molecule has 26 heavy (non-hydrogen) atoms. The zero-order valence-electron chi connectivity index (χ0n) is 14.1. The quantitative estimate of drug-likeness (QED) is 0.580. The largest absolute Gasteiger partial charge is 0.306 e. The Morgan fingerprint density at radius 2 is 1.96 bits per heavy atom. The van der Waals surface area contributed by atoms with Crippen LogP contribution in [0.2, 0.25) is 0 Å². The van der Waals surface area contributed by atoms with Gasteiger partial charge in [0.05, 0.1) is 16.1 Å². The molecular formula is C20H16N4OS. The molecule has 0 fully saturated rings. The Morgan fingerprint density at radius 1 is 1.12 bits per heavy atom. The molecular weight excluding hydrogens is 344 g/mol. The summed E-state index contributed by atoms with van der Waals surface area (Å²) in [7, 11) is 0. The normalized spacial score (nSPS) is 10.7. The van der Waals surface area contributed by atoms with Crippen molar-refractivity contribution in [1.29, 1.82) is 0 Å². The maximum Gasteiger partial charge on any atom is 0.260 e. The van der Waals surface area contributed by atoms with Crippen molar-refractivity contribution in [3.05, 3.63) is 83.5 Å². The van der Waals surface area contributed by atoms with Gasteiger partial charge in [-0.25, -0.2) is 9.67 Å². The molecule has 1 aromatic carbocycles. The van der Waals surface area contributed by atoms with Crippen molar-refractivity contribution in [2.24, 2.45) is 0 Å². The Balaban J connectivity index is 1.74. The van der Waals surface area contributed by atoms with Gasteiger partial charge in [0.15, 0.2) is 0 Å². The predicted molar refractivity (Wildman–Crippen MR) is 104 cm³/mol. The number of pyridine rings is 1. The molecule has 0 aliphatic heterocycles. The topological polar surface area (TPSA) is 59.8 Å². The first-order chi connectivity index (χ1) is 12.7. The molecule has 0 atom stereocenters. The number of hydrogen-bond acceptors (Lipinski definition) is 4.